The van der Waals surface area contributed by atoms with Crippen LogP contribution in [0.1, 0.15) is 47.7 Å². The molecule has 9 heteroatoms. The molecule has 0 saturated carbocycles. The summed E-state index contributed by atoms with van der Waals surface area (Å²) in [6.07, 6.45) is -1.47. The summed E-state index contributed by atoms with van der Waals surface area (Å²) in [5, 5.41) is 0. The van der Waals surface area contributed by atoms with Gasteiger partial charge in [0, 0.05) is 12.2 Å². The van der Waals surface area contributed by atoms with Gasteiger partial charge in [0.05, 0.1) is 11.1 Å². The molecule has 1 aliphatic carbocycles. The topological polar surface area (TPSA) is 35.5 Å². The highest BCUT2D eigenvalue weighted by atomic mass is 32.9. The van der Waals surface area contributed by atoms with Gasteiger partial charge in [0.25, 0.3) is 0 Å². The van der Waals surface area contributed by atoms with Crippen molar-refractivity contribution in [3.05, 3.63) is 59.2 Å². The summed E-state index contributed by atoms with van der Waals surface area (Å²) < 4.78 is 50.4. The van der Waals surface area contributed by atoms with Crippen molar-refractivity contribution in [1.29, 1.82) is 0 Å². The molecule has 156 valence electrons. The van der Waals surface area contributed by atoms with Crippen LogP contribution in [0.15, 0.2) is 42.5 Å². The van der Waals surface area contributed by atoms with Crippen LogP contribution in [0.4, 0.5) is 13.2 Å². The number of aryl methyl sites for hydroxylation is 1. The number of Topliss-reactive ketones (excluding diaryl/α,β-unsaturated/α-hetero) is 1. The van der Waals surface area contributed by atoms with Gasteiger partial charge < -0.3 is 9.05 Å². The molecule has 1 aliphatic rings. The van der Waals surface area contributed by atoms with E-state index in [4.69, 9.17) is 20.9 Å². The van der Waals surface area contributed by atoms with Crippen LogP contribution in [0.2, 0.25) is 0 Å². The van der Waals surface area contributed by atoms with Crippen molar-refractivity contribution in [1.82, 2.24) is 0 Å². The minimum atomic E-state index is -4.42. The van der Waals surface area contributed by atoms with Gasteiger partial charge in [-0.15, -0.1) is 0 Å². The van der Waals surface area contributed by atoms with Crippen LogP contribution in [0.5, 0.6) is 11.5 Å². The van der Waals surface area contributed by atoms with Crippen molar-refractivity contribution in [3.63, 3.8) is 0 Å². The number of benzene rings is 2. The van der Waals surface area contributed by atoms with Crippen LogP contribution < -0.4 is 9.05 Å². The van der Waals surface area contributed by atoms with Gasteiger partial charge in [-0.25, -0.2) is 0 Å². The van der Waals surface area contributed by atoms with Crippen molar-refractivity contribution in [3.8, 4) is 11.5 Å². The summed E-state index contributed by atoms with van der Waals surface area (Å²) in [5.74, 6) is 1.30. The van der Waals surface area contributed by atoms with E-state index in [1.165, 1.54) is 23.5 Å². The number of hydrogen-bond donors (Lipinski definition) is 0. The van der Waals surface area contributed by atoms with E-state index in [-0.39, 0.29) is 11.5 Å². The average molecular weight is 460 g/mol. The van der Waals surface area contributed by atoms with Crippen LogP contribution in [0, 0.1) is 0 Å². The number of rotatable bonds is 8. The maximum Gasteiger partial charge on any atom is 0.416 e. The van der Waals surface area contributed by atoms with E-state index in [0.717, 1.165) is 30.5 Å². The Bertz CT molecular complexity index is 930. The average Bonchev–Trinajstić information content (AvgIpc) is 3.04. The summed E-state index contributed by atoms with van der Waals surface area (Å²) in [5.41, 5.74) is -2.30. The van der Waals surface area contributed by atoms with Crippen molar-refractivity contribution in [2.75, 3.05) is 5.75 Å². The first-order chi connectivity index (χ1) is 13.7. The molecule has 2 aromatic carbocycles. The van der Waals surface area contributed by atoms with E-state index < -0.39 is 17.4 Å². The fourth-order valence-electron chi connectivity index (χ4n) is 2.90. The quantitative estimate of drug-likeness (QED) is 0.312. The molecule has 1 atom stereocenters. The number of fused-ring (bicyclic) bond motifs is 1. The molecule has 0 saturated heterocycles. The smallest absolute Gasteiger partial charge is 0.416 e. The number of halogens is 3. The van der Waals surface area contributed by atoms with E-state index >= 15 is 0 Å². The van der Waals surface area contributed by atoms with Crippen LogP contribution in [-0.2, 0) is 24.4 Å². The van der Waals surface area contributed by atoms with Crippen molar-refractivity contribution >= 4 is 34.7 Å². The van der Waals surface area contributed by atoms with E-state index in [0.29, 0.717) is 29.9 Å². The van der Waals surface area contributed by atoms with E-state index in [2.05, 4.69) is 0 Å². The number of carbonyl (C=O) groups is 1. The normalized spacial score (nSPS) is 15.7. The molecular formula is C20H20F3O3PS2. The molecule has 0 N–H and O–H groups in total. The van der Waals surface area contributed by atoms with Crippen molar-refractivity contribution in [2.45, 2.75) is 38.8 Å². The lowest BCUT2D eigenvalue weighted by Crippen LogP contribution is -2.05. The van der Waals surface area contributed by atoms with Crippen molar-refractivity contribution in [2.24, 2.45) is 0 Å². The molecule has 0 radical (unpaired) electrons. The highest BCUT2D eigenvalue weighted by molar-refractivity contribution is 8.68. The minimum Gasteiger partial charge on any atom is -0.428 e. The first-order valence-corrected chi connectivity index (χ1v) is 13.4. The highest BCUT2D eigenvalue weighted by Gasteiger charge is 2.32. The molecule has 3 nitrogen and oxygen atoms in total. The van der Waals surface area contributed by atoms with Crippen LogP contribution in [0.25, 0.3) is 0 Å². The number of carbonyl (C=O) groups excluding carboxylic acids is 1. The van der Waals surface area contributed by atoms with Gasteiger partial charge in [-0.1, -0.05) is 25.5 Å². The molecule has 0 aliphatic heterocycles. The predicted molar refractivity (Wildman–Crippen MR) is 113 cm³/mol. The van der Waals surface area contributed by atoms with E-state index in [1.807, 2.05) is 13.0 Å². The fraction of sp³-hybridized carbons (Fsp3) is 0.350. The molecule has 1 unspecified atom stereocenters. The van der Waals surface area contributed by atoms with Crippen LogP contribution in [-0.4, -0.2) is 11.5 Å². The Morgan fingerprint density at radius 3 is 2.48 bits per heavy atom. The number of unbranched alkanes of at least 4 members (excludes halogenated alkanes) is 1. The molecule has 2 aromatic rings. The van der Waals surface area contributed by atoms with Gasteiger partial charge in [0.15, 0.2) is 5.78 Å². The van der Waals surface area contributed by atoms with E-state index in [1.54, 1.807) is 12.1 Å². The number of hydrogen-bond acceptors (Lipinski definition) is 5. The summed E-state index contributed by atoms with van der Waals surface area (Å²) in [6, 6.07) is 9.78. The fourth-order valence-corrected chi connectivity index (χ4v) is 7.50. The van der Waals surface area contributed by atoms with E-state index in [9.17, 15) is 18.0 Å². The Morgan fingerprint density at radius 2 is 1.83 bits per heavy atom. The summed E-state index contributed by atoms with van der Waals surface area (Å²) in [6.45, 7) is 2.05. The van der Waals surface area contributed by atoms with Gasteiger partial charge in [-0.3, -0.25) is 4.79 Å². The van der Waals surface area contributed by atoms with Crippen LogP contribution in [0.3, 0.4) is 0 Å². The first-order valence-electron chi connectivity index (χ1n) is 9.18. The molecular weight excluding hydrogens is 440 g/mol. The molecule has 3 rings (SSSR count). The number of ketones is 1. The van der Waals surface area contributed by atoms with Gasteiger partial charge in [-0.2, -0.15) is 13.2 Å². The van der Waals surface area contributed by atoms with Gasteiger partial charge in [0.1, 0.15) is 11.5 Å². The summed E-state index contributed by atoms with van der Waals surface area (Å²) >= 11 is 7.03. The second-order valence-electron chi connectivity index (χ2n) is 6.55. The lowest BCUT2D eigenvalue weighted by Gasteiger charge is -2.24. The van der Waals surface area contributed by atoms with Crippen LogP contribution >= 0.6 is 17.1 Å². The lowest BCUT2D eigenvalue weighted by atomic mass is 10.1. The molecule has 0 bridgehead atoms. The van der Waals surface area contributed by atoms with Gasteiger partial charge in [0.2, 0.25) is 0 Å². The first kappa shape index (κ1) is 22.2. The number of alkyl halides is 3. The predicted octanol–water partition coefficient (Wildman–Crippen LogP) is 7.05. The third kappa shape index (κ3) is 5.56. The summed E-state index contributed by atoms with van der Waals surface area (Å²) in [7, 11) is 0. The zero-order valence-electron chi connectivity index (χ0n) is 15.7. The SMILES string of the molecule is CCCCSP(=S)(Oc1ccc(C(F)(F)F)cc1)Oc1cccc2c1C(=O)CC2. The molecule has 0 spiro atoms. The second kappa shape index (κ2) is 9.11. The van der Waals surface area contributed by atoms with Gasteiger partial charge >= 0.3 is 11.9 Å². The Kier molecular flexibility index (Phi) is 6.97. The lowest BCUT2D eigenvalue weighted by molar-refractivity contribution is -0.137. The Hall–Kier alpha value is -1.50. The molecule has 0 heterocycles. The molecule has 0 fully saturated rings. The highest BCUT2D eigenvalue weighted by Crippen LogP contribution is 2.61. The minimum absolute atomic E-state index is 0.00485. The van der Waals surface area contributed by atoms with Gasteiger partial charge in [-0.05, 0) is 71.9 Å². The standard InChI is InChI=1S/C20H20F3O3PS2/c1-2-3-13-29-27(28,25-16-10-8-15(9-11-16)20(21,22)23)26-18-6-4-5-14-7-12-17(24)19(14)18/h4-6,8-11H,2-3,7,12-13H2,1H3. The zero-order chi connectivity index (χ0) is 21.1. The zero-order valence-corrected chi connectivity index (χ0v) is 18.2. The maximum atomic E-state index is 12.8. The molecule has 0 amide bonds. The summed E-state index contributed by atoms with van der Waals surface area (Å²) in [4.78, 5) is 12.3. The Morgan fingerprint density at radius 1 is 1.10 bits per heavy atom. The largest absolute Gasteiger partial charge is 0.428 e. The Balaban J connectivity index is 1.86. The third-order valence-corrected chi connectivity index (χ3v) is 9.35. The third-order valence-electron chi connectivity index (χ3n) is 4.37. The van der Waals surface area contributed by atoms with Crippen molar-refractivity contribution < 1.29 is 27.0 Å². The molecule has 0 aromatic heterocycles. The monoisotopic (exact) mass is 460 g/mol. The maximum absolute atomic E-state index is 12.8. The second-order valence-corrected chi connectivity index (χ2v) is 12.8. The Labute approximate surface area is 176 Å². The molecule has 29 heavy (non-hydrogen) atoms.